The van der Waals surface area contributed by atoms with Crippen molar-refractivity contribution in [3.63, 3.8) is 0 Å². The maximum atomic E-state index is 12.3. The summed E-state index contributed by atoms with van der Waals surface area (Å²) in [6.45, 7) is 3.86. The van der Waals surface area contributed by atoms with Gasteiger partial charge in [0.25, 0.3) is 0 Å². The Bertz CT molecular complexity index is 660. The molecular formula is C20H24O2. The number of rotatable bonds is 1. The fourth-order valence-electron chi connectivity index (χ4n) is 5.57. The summed E-state index contributed by atoms with van der Waals surface area (Å²) in [5.41, 5.74) is 3.64. The molecule has 0 radical (unpaired) electrons. The largest absolute Gasteiger partial charge is 0.299 e. The molecule has 116 valence electrons. The van der Waals surface area contributed by atoms with Gasteiger partial charge < -0.3 is 0 Å². The Kier molecular flexibility index (Phi) is 3.08. The standard InChI is InChI=1S/C20H24O2/c1-12(21)13-3-5-15-14(11-13)4-6-17-16(15)9-10-20(2)18(17)7-8-19(20)22/h3,5,11,16-18H,4,6-10H2,1-2H3. The van der Waals surface area contributed by atoms with Crippen LogP contribution in [0, 0.1) is 17.3 Å². The van der Waals surface area contributed by atoms with Gasteiger partial charge in [-0.3, -0.25) is 9.59 Å². The van der Waals surface area contributed by atoms with E-state index in [1.807, 2.05) is 6.07 Å². The zero-order valence-corrected chi connectivity index (χ0v) is 13.5. The van der Waals surface area contributed by atoms with E-state index in [0.717, 1.165) is 37.7 Å². The van der Waals surface area contributed by atoms with E-state index in [-0.39, 0.29) is 11.2 Å². The predicted molar refractivity (Wildman–Crippen MR) is 86.1 cm³/mol. The van der Waals surface area contributed by atoms with Crippen LogP contribution in [0.1, 0.15) is 73.4 Å². The average molecular weight is 296 g/mol. The molecule has 1 aromatic carbocycles. The van der Waals surface area contributed by atoms with Crippen molar-refractivity contribution in [2.24, 2.45) is 17.3 Å². The molecule has 2 nitrogen and oxygen atoms in total. The van der Waals surface area contributed by atoms with Crippen molar-refractivity contribution in [1.29, 1.82) is 0 Å². The lowest BCUT2D eigenvalue weighted by Gasteiger charge is -2.48. The van der Waals surface area contributed by atoms with Crippen molar-refractivity contribution in [2.45, 2.75) is 58.3 Å². The third-order valence-electron chi connectivity index (χ3n) is 6.84. The zero-order chi connectivity index (χ0) is 15.5. The van der Waals surface area contributed by atoms with Gasteiger partial charge in [0.1, 0.15) is 5.78 Å². The summed E-state index contributed by atoms with van der Waals surface area (Å²) in [6.07, 6.45) is 6.32. The maximum absolute atomic E-state index is 12.3. The normalized spacial score (nSPS) is 36.5. The molecule has 3 aliphatic carbocycles. The number of hydrogen-bond acceptors (Lipinski definition) is 2. The highest BCUT2D eigenvalue weighted by molar-refractivity contribution is 5.94. The Labute approximate surface area is 132 Å². The van der Waals surface area contributed by atoms with Gasteiger partial charge in [-0.2, -0.15) is 0 Å². The molecular weight excluding hydrogens is 272 g/mol. The molecule has 4 unspecified atom stereocenters. The summed E-state index contributed by atoms with van der Waals surface area (Å²) < 4.78 is 0. The van der Waals surface area contributed by atoms with Crippen LogP contribution in [0.15, 0.2) is 18.2 Å². The van der Waals surface area contributed by atoms with E-state index in [4.69, 9.17) is 0 Å². The van der Waals surface area contributed by atoms with E-state index in [9.17, 15) is 9.59 Å². The number of benzene rings is 1. The molecule has 3 aliphatic rings. The number of carbonyl (C=O) groups excluding carboxylic acids is 2. The Morgan fingerprint density at radius 2 is 2.00 bits per heavy atom. The predicted octanol–water partition coefficient (Wildman–Crippen LogP) is 4.31. The van der Waals surface area contributed by atoms with Crippen LogP contribution in [0.5, 0.6) is 0 Å². The third-order valence-corrected chi connectivity index (χ3v) is 6.84. The molecule has 22 heavy (non-hydrogen) atoms. The molecule has 0 spiro atoms. The van der Waals surface area contributed by atoms with Gasteiger partial charge in [-0.05, 0) is 74.0 Å². The van der Waals surface area contributed by atoms with Crippen molar-refractivity contribution >= 4 is 11.6 Å². The van der Waals surface area contributed by atoms with Crippen LogP contribution >= 0.6 is 0 Å². The monoisotopic (exact) mass is 296 g/mol. The molecule has 4 atom stereocenters. The molecule has 0 N–H and O–H groups in total. The quantitative estimate of drug-likeness (QED) is 0.723. The summed E-state index contributed by atoms with van der Waals surface area (Å²) >= 11 is 0. The van der Waals surface area contributed by atoms with Crippen LogP contribution in [0.25, 0.3) is 0 Å². The van der Waals surface area contributed by atoms with E-state index in [1.54, 1.807) is 6.92 Å². The van der Waals surface area contributed by atoms with Crippen LogP contribution < -0.4 is 0 Å². The number of aryl methyl sites for hydroxylation is 1. The van der Waals surface area contributed by atoms with E-state index in [2.05, 4.69) is 19.1 Å². The summed E-state index contributed by atoms with van der Waals surface area (Å²) in [6, 6.07) is 6.31. The number of Topliss-reactive ketones (excluding diaryl/α,β-unsaturated/α-hetero) is 2. The molecule has 0 saturated heterocycles. The molecule has 0 amide bonds. The summed E-state index contributed by atoms with van der Waals surface area (Å²) in [7, 11) is 0. The third kappa shape index (κ3) is 1.85. The van der Waals surface area contributed by atoms with Gasteiger partial charge in [-0.1, -0.05) is 19.1 Å². The van der Waals surface area contributed by atoms with Crippen LogP contribution in [0.4, 0.5) is 0 Å². The summed E-state index contributed by atoms with van der Waals surface area (Å²) in [5, 5.41) is 0. The number of ketones is 2. The smallest absolute Gasteiger partial charge is 0.159 e. The first-order valence-corrected chi connectivity index (χ1v) is 8.68. The molecule has 4 rings (SSSR count). The van der Waals surface area contributed by atoms with Gasteiger partial charge >= 0.3 is 0 Å². The molecule has 0 heterocycles. The van der Waals surface area contributed by atoms with Crippen molar-refractivity contribution in [3.8, 4) is 0 Å². The fraction of sp³-hybridized carbons (Fsp3) is 0.600. The average Bonchev–Trinajstić information content (AvgIpc) is 2.82. The van der Waals surface area contributed by atoms with Crippen molar-refractivity contribution < 1.29 is 9.59 Å². The number of hydrogen-bond donors (Lipinski definition) is 0. The van der Waals surface area contributed by atoms with Crippen molar-refractivity contribution in [2.75, 3.05) is 0 Å². The molecule has 0 bridgehead atoms. The van der Waals surface area contributed by atoms with Crippen LogP contribution in [0.2, 0.25) is 0 Å². The first kappa shape index (κ1) is 14.2. The maximum Gasteiger partial charge on any atom is 0.159 e. The lowest BCUT2D eigenvalue weighted by Crippen LogP contribution is -2.42. The van der Waals surface area contributed by atoms with Gasteiger partial charge in [-0.15, -0.1) is 0 Å². The van der Waals surface area contributed by atoms with Crippen LogP contribution in [-0.4, -0.2) is 11.6 Å². The van der Waals surface area contributed by atoms with Crippen LogP contribution in [0.3, 0.4) is 0 Å². The van der Waals surface area contributed by atoms with Crippen LogP contribution in [-0.2, 0) is 11.2 Å². The molecule has 2 fully saturated rings. The fourth-order valence-corrected chi connectivity index (χ4v) is 5.57. The van der Waals surface area contributed by atoms with Crippen molar-refractivity contribution in [3.05, 3.63) is 34.9 Å². The number of carbonyl (C=O) groups is 2. The van der Waals surface area contributed by atoms with E-state index >= 15 is 0 Å². The minimum Gasteiger partial charge on any atom is -0.299 e. The molecule has 0 aliphatic heterocycles. The SMILES string of the molecule is CC(=O)c1ccc2c(c1)CCC1C2CCC2(C)C(=O)CCC12. The highest BCUT2D eigenvalue weighted by Gasteiger charge is 2.54. The zero-order valence-electron chi connectivity index (χ0n) is 13.5. The second-order valence-corrected chi connectivity index (χ2v) is 7.80. The van der Waals surface area contributed by atoms with Crippen molar-refractivity contribution in [1.82, 2.24) is 0 Å². The summed E-state index contributed by atoms with van der Waals surface area (Å²) in [4.78, 5) is 23.9. The Morgan fingerprint density at radius 3 is 2.77 bits per heavy atom. The molecule has 2 saturated carbocycles. The minimum atomic E-state index is -0.0437. The molecule has 0 aromatic heterocycles. The lowest BCUT2D eigenvalue weighted by molar-refractivity contribution is -0.129. The second kappa shape index (κ2) is 4.78. The van der Waals surface area contributed by atoms with E-state index in [1.165, 1.54) is 17.5 Å². The Hall–Kier alpha value is -1.44. The van der Waals surface area contributed by atoms with Gasteiger partial charge in [0, 0.05) is 17.4 Å². The first-order valence-electron chi connectivity index (χ1n) is 8.68. The Morgan fingerprint density at radius 1 is 1.18 bits per heavy atom. The minimum absolute atomic E-state index is 0.0437. The highest BCUT2D eigenvalue weighted by atomic mass is 16.1. The van der Waals surface area contributed by atoms with Gasteiger partial charge in [0.2, 0.25) is 0 Å². The van der Waals surface area contributed by atoms with E-state index in [0.29, 0.717) is 23.5 Å². The first-order chi connectivity index (χ1) is 10.5. The lowest BCUT2D eigenvalue weighted by atomic mass is 9.55. The van der Waals surface area contributed by atoms with Gasteiger partial charge in [-0.25, -0.2) is 0 Å². The number of fused-ring (bicyclic) bond motifs is 5. The van der Waals surface area contributed by atoms with E-state index < -0.39 is 0 Å². The molecule has 2 heteroatoms. The Balaban J connectivity index is 1.70. The summed E-state index contributed by atoms with van der Waals surface area (Å²) in [5.74, 6) is 2.52. The second-order valence-electron chi connectivity index (χ2n) is 7.80. The van der Waals surface area contributed by atoms with Gasteiger partial charge in [0.05, 0.1) is 0 Å². The topological polar surface area (TPSA) is 34.1 Å². The molecule has 1 aromatic rings. The van der Waals surface area contributed by atoms with Gasteiger partial charge in [0.15, 0.2) is 5.78 Å². The highest BCUT2D eigenvalue weighted by Crippen LogP contribution is 2.59.